The zero-order valence-corrected chi connectivity index (χ0v) is 9.03. The van der Waals surface area contributed by atoms with Crippen LogP contribution in [0.3, 0.4) is 0 Å². The number of hydrogen-bond donors (Lipinski definition) is 1. The van der Waals surface area contributed by atoms with E-state index in [9.17, 15) is 4.79 Å². The molecule has 2 atom stereocenters. The predicted octanol–water partition coefficient (Wildman–Crippen LogP) is 0.219. The van der Waals surface area contributed by atoms with Crippen molar-refractivity contribution in [3.8, 4) is 0 Å². The third-order valence-corrected chi connectivity index (χ3v) is 2.55. The van der Waals surface area contributed by atoms with Crippen LogP contribution in [0.4, 0.5) is 0 Å². The molecular formula is C10H20N2O2. The van der Waals surface area contributed by atoms with Gasteiger partial charge in [0.1, 0.15) is 0 Å². The van der Waals surface area contributed by atoms with E-state index in [0.717, 1.165) is 32.6 Å². The Labute approximate surface area is 85.4 Å². The first kappa shape index (κ1) is 11.5. The summed E-state index contributed by atoms with van der Waals surface area (Å²) in [6.07, 6.45) is 2.25. The molecule has 4 nitrogen and oxygen atoms in total. The molecule has 0 spiro atoms. The number of amides is 1. The molecule has 0 aromatic rings. The lowest BCUT2D eigenvalue weighted by molar-refractivity contribution is -0.132. The molecule has 0 radical (unpaired) electrons. The Hall–Kier alpha value is -0.610. The van der Waals surface area contributed by atoms with Crippen molar-refractivity contribution in [2.24, 2.45) is 11.7 Å². The van der Waals surface area contributed by atoms with E-state index in [4.69, 9.17) is 10.5 Å². The molecule has 0 bridgehead atoms. The average molecular weight is 200 g/mol. The average Bonchev–Trinajstić information content (AvgIpc) is 2.18. The summed E-state index contributed by atoms with van der Waals surface area (Å²) in [5, 5.41) is 0. The first-order valence-electron chi connectivity index (χ1n) is 5.19. The minimum Gasteiger partial charge on any atom is -0.381 e. The van der Waals surface area contributed by atoms with Crippen LogP contribution in [-0.4, -0.2) is 43.7 Å². The summed E-state index contributed by atoms with van der Waals surface area (Å²) in [5.74, 6) is 0.493. The number of ether oxygens (including phenoxy) is 1. The Morgan fingerprint density at radius 2 is 2.43 bits per heavy atom. The maximum atomic E-state index is 11.5. The monoisotopic (exact) mass is 200 g/mol. The first-order chi connectivity index (χ1) is 6.61. The number of hydrogen-bond acceptors (Lipinski definition) is 3. The minimum absolute atomic E-state index is 0.00979. The van der Waals surface area contributed by atoms with Gasteiger partial charge in [-0.2, -0.15) is 0 Å². The maximum Gasteiger partial charge on any atom is 0.238 e. The van der Waals surface area contributed by atoms with Gasteiger partial charge in [0.15, 0.2) is 0 Å². The van der Waals surface area contributed by atoms with Crippen LogP contribution in [0.25, 0.3) is 0 Å². The molecule has 4 heteroatoms. The van der Waals surface area contributed by atoms with Crippen molar-refractivity contribution in [3.63, 3.8) is 0 Å². The smallest absolute Gasteiger partial charge is 0.238 e. The molecule has 0 saturated carbocycles. The van der Waals surface area contributed by atoms with Gasteiger partial charge in [0.2, 0.25) is 5.91 Å². The summed E-state index contributed by atoms with van der Waals surface area (Å²) in [6, 6.07) is -0.399. The van der Waals surface area contributed by atoms with E-state index in [2.05, 4.69) is 0 Å². The van der Waals surface area contributed by atoms with Crippen LogP contribution in [0.2, 0.25) is 0 Å². The lowest BCUT2D eigenvalue weighted by Crippen LogP contribution is -2.43. The summed E-state index contributed by atoms with van der Waals surface area (Å²) in [4.78, 5) is 13.2. The third kappa shape index (κ3) is 3.27. The molecule has 1 heterocycles. The molecule has 1 amide bonds. The zero-order chi connectivity index (χ0) is 10.6. The van der Waals surface area contributed by atoms with Crippen molar-refractivity contribution in [3.05, 3.63) is 0 Å². The van der Waals surface area contributed by atoms with Gasteiger partial charge in [-0.1, -0.05) is 0 Å². The van der Waals surface area contributed by atoms with Crippen LogP contribution in [0.5, 0.6) is 0 Å². The molecular weight excluding hydrogens is 180 g/mol. The van der Waals surface area contributed by atoms with Gasteiger partial charge in [-0.25, -0.2) is 0 Å². The van der Waals surface area contributed by atoms with E-state index >= 15 is 0 Å². The van der Waals surface area contributed by atoms with Gasteiger partial charge in [0.25, 0.3) is 0 Å². The normalized spacial score (nSPS) is 24.4. The molecule has 1 aliphatic heterocycles. The predicted molar refractivity (Wildman–Crippen MR) is 54.8 cm³/mol. The standard InChI is InChI=1S/C10H20N2O2/c1-8(11)10(13)12(2)6-9-4-3-5-14-7-9/h8-9H,3-7,11H2,1-2H3. The number of rotatable bonds is 3. The van der Waals surface area contributed by atoms with Crippen molar-refractivity contribution in [1.82, 2.24) is 4.90 Å². The van der Waals surface area contributed by atoms with Gasteiger partial charge in [-0.15, -0.1) is 0 Å². The summed E-state index contributed by atoms with van der Waals surface area (Å²) >= 11 is 0. The number of nitrogens with zero attached hydrogens (tertiary/aromatic N) is 1. The van der Waals surface area contributed by atoms with E-state index < -0.39 is 6.04 Å². The molecule has 1 aliphatic rings. The van der Waals surface area contributed by atoms with Crippen molar-refractivity contribution < 1.29 is 9.53 Å². The molecule has 1 rings (SSSR count). The van der Waals surface area contributed by atoms with E-state index in [-0.39, 0.29) is 5.91 Å². The Bertz CT molecular complexity index is 189. The number of likely N-dealkylation sites (N-methyl/N-ethyl adjacent to an activating group) is 1. The topological polar surface area (TPSA) is 55.6 Å². The quantitative estimate of drug-likeness (QED) is 0.709. The molecule has 0 aromatic heterocycles. The highest BCUT2D eigenvalue weighted by Gasteiger charge is 2.20. The van der Waals surface area contributed by atoms with Crippen molar-refractivity contribution in [2.75, 3.05) is 26.8 Å². The Morgan fingerprint density at radius 1 is 1.71 bits per heavy atom. The Kier molecular flexibility index (Phi) is 4.35. The molecule has 2 N–H and O–H groups in total. The highest BCUT2D eigenvalue weighted by atomic mass is 16.5. The van der Waals surface area contributed by atoms with Crippen molar-refractivity contribution in [2.45, 2.75) is 25.8 Å². The van der Waals surface area contributed by atoms with Gasteiger partial charge < -0.3 is 15.4 Å². The molecule has 14 heavy (non-hydrogen) atoms. The van der Waals surface area contributed by atoms with Crippen LogP contribution in [0.1, 0.15) is 19.8 Å². The van der Waals surface area contributed by atoms with E-state index in [1.807, 2.05) is 0 Å². The lowest BCUT2D eigenvalue weighted by Gasteiger charge is -2.27. The fourth-order valence-corrected chi connectivity index (χ4v) is 1.78. The molecule has 2 unspecified atom stereocenters. The number of carbonyl (C=O) groups excluding carboxylic acids is 1. The SMILES string of the molecule is CC(N)C(=O)N(C)CC1CCCOC1. The maximum absolute atomic E-state index is 11.5. The fourth-order valence-electron chi connectivity index (χ4n) is 1.78. The van der Waals surface area contributed by atoms with E-state index in [1.165, 1.54) is 0 Å². The van der Waals surface area contributed by atoms with Crippen molar-refractivity contribution in [1.29, 1.82) is 0 Å². The van der Waals surface area contributed by atoms with Crippen molar-refractivity contribution >= 4 is 5.91 Å². The van der Waals surface area contributed by atoms with E-state index in [1.54, 1.807) is 18.9 Å². The van der Waals surface area contributed by atoms with Crippen LogP contribution >= 0.6 is 0 Å². The second-order valence-corrected chi connectivity index (χ2v) is 4.09. The van der Waals surface area contributed by atoms with Gasteiger partial charge in [-0.3, -0.25) is 4.79 Å². The Morgan fingerprint density at radius 3 is 2.93 bits per heavy atom. The molecule has 0 aliphatic carbocycles. The van der Waals surface area contributed by atoms with Crippen LogP contribution in [0, 0.1) is 5.92 Å². The van der Waals surface area contributed by atoms with E-state index in [0.29, 0.717) is 5.92 Å². The lowest BCUT2D eigenvalue weighted by atomic mass is 10.0. The minimum atomic E-state index is -0.399. The number of nitrogens with two attached hydrogens (primary N) is 1. The van der Waals surface area contributed by atoms with Crippen LogP contribution in [-0.2, 0) is 9.53 Å². The molecule has 82 valence electrons. The third-order valence-electron chi connectivity index (χ3n) is 2.55. The first-order valence-corrected chi connectivity index (χ1v) is 5.19. The molecule has 1 saturated heterocycles. The molecule has 0 aromatic carbocycles. The Balaban J connectivity index is 2.31. The van der Waals surface area contributed by atoms with Gasteiger partial charge >= 0.3 is 0 Å². The highest BCUT2D eigenvalue weighted by Crippen LogP contribution is 2.14. The molecule has 1 fully saturated rings. The highest BCUT2D eigenvalue weighted by molar-refractivity contribution is 5.80. The second-order valence-electron chi connectivity index (χ2n) is 4.09. The summed E-state index contributed by atoms with van der Waals surface area (Å²) < 4.78 is 5.35. The summed E-state index contributed by atoms with van der Waals surface area (Å²) in [5.41, 5.74) is 5.52. The summed E-state index contributed by atoms with van der Waals surface area (Å²) in [7, 11) is 1.81. The number of carbonyl (C=O) groups is 1. The van der Waals surface area contributed by atoms with Gasteiger partial charge in [0, 0.05) is 20.2 Å². The second kappa shape index (κ2) is 5.32. The largest absolute Gasteiger partial charge is 0.381 e. The van der Waals surface area contributed by atoms with Gasteiger partial charge in [0.05, 0.1) is 12.6 Å². The fraction of sp³-hybridized carbons (Fsp3) is 0.900. The summed E-state index contributed by atoms with van der Waals surface area (Å²) in [6.45, 7) is 4.12. The van der Waals surface area contributed by atoms with Crippen LogP contribution in [0.15, 0.2) is 0 Å². The van der Waals surface area contributed by atoms with Gasteiger partial charge in [-0.05, 0) is 25.7 Å². The zero-order valence-electron chi connectivity index (χ0n) is 9.03. The van der Waals surface area contributed by atoms with Crippen LogP contribution < -0.4 is 5.73 Å².